The van der Waals surface area contributed by atoms with Gasteiger partial charge in [0, 0.05) is 22.7 Å². The fraction of sp³-hybridized carbons (Fsp3) is 0.0455. The van der Waals surface area contributed by atoms with Gasteiger partial charge in [-0.25, -0.2) is 4.79 Å². The van der Waals surface area contributed by atoms with Crippen molar-refractivity contribution in [1.82, 2.24) is 4.98 Å². The summed E-state index contributed by atoms with van der Waals surface area (Å²) >= 11 is 5.84. The molecule has 0 atom stereocenters. The Hall–Kier alpha value is -3.44. The lowest BCUT2D eigenvalue weighted by molar-refractivity contribution is -0.133. The highest BCUT2D eigenvalue weighted by Crippen LogP contribution is 2.24. The SMILES string of the molecule is O=C(Cc1ccc(Cl)cc1)Oc1ccc2cc(-c3ccccn3)c(=O)oc2c1. The second-order valence-electron chi connectivity index (χ2n) is 6.14. The Balaban J connectivity index is 1.57. The lowest BCUT2D eigenvalue weighted by atomic mass is 10.1. The van der Waals surface area contributed by atoms with Gasteiger partial charge in [0.1, 0.15) is 11.3 Å². The quantitative estimate of drug-likeness (QED) is 0.287. The highest BCUT2D eigenvalue weighted by molar-refractivity contribution is 6.30. The zero-order chi connectivity index (χ0) is 19.5. The second-order valence-corrected chi connectivity index (χ2v) is 6.58. The Bertz CT molecular complexity index is 1200. The Morgan fingerprint density at radius 1 is 1.04 bits per heavy atom. The minimum absolute atomic E-state index is 0.109. The molecular formula is C22H14ClNO4. The van der Waals surface area contributed by atoms with Crippen LogP contribution in [-0.2, 0) is 11.2 Å². The van der Waals surface area contributed by atoms with Crippen molar-refractivity contribution in [3.8, 4) is 17.0 Å². The molecular weight excluding hydrogens is 378 g/mol. The first-order valence-electron chi connectivity index (χ1n) is 8.53. The van der Waals surface area contributed by atoms with E-state index in [1.807, 2.05) is 0 Å². The molecule has 0 saturated heterocycles. The van der Waals surface area contributed by atoms with Crippen LogP contribution in [0.15, 0.2) is 82.1 Å². The summed E-state index contributed by atoms with van der Waals surface area (Å²) in [6.07, 6.45) is 1.72. The first kappa shape index (κ1) is 17.9. The first-order chi connectivity index (χ1) is 13.6. The largest absolute Gasteiger partial charge is 0.426 e. The van der Waals surface area contributed by atoms with Gasteiger partial charge < -0.3 is 9.15 Å². The highest BCUT2D eigenvalue weighted by Gasteiger charge is 2.11. The Labute approximate surface area is 165 Å². The molecule has 0 bridgehead atoms. The van der Waals surface area contributed by atoms with Gasteiger partial charge in [0.15, 0.2) is 0 Å². The van der Waals surface area contributed by atoms with Gasteiger partial charge in [0.2, 0.25) is 0 Å². The molecule has 6 heteroatoms. The van der Waals surface area contributed by atoms with E-state index in [2.05, 4.69) is 4.98 Å². The van der Waals surface area contributed by atoms with Crippen molar-refractivity contribution < 1.29 is 13.9 Å². The average Bonchev–Trinajstić information content (AvgIpc) is 2.70. The van der Waals surface area contributed by atoms with Crippen molar-refractivity contribution >= 4 is 28.5 Å². The maximum absolute atomic E-state index is 12.3. The van der Waals surface area contributed by atoms with Crippen LogP contribution in [0.3, 0.4) is 0 Å². The lowest BCUT2D eigenvalue weighted by Crippen LogP contribution is -2.11. The first-order valence-corrected chi connectivity index (χ1v) is 8.91. The van der Waals surface area contributed by atoms with E-state index in [1.54, 1.807) is 66.9 Å². The number of nitrogens with zero attached hydrogens (tertiary/aromatic N) is 1. The van der Waals surface area contributed by atoms with E-state index in [9.17, 15) is 9.59 Å². The van der Waals surface area contributed by atoms with Crippen LogP contribution in [0, 0.1) is 0 Å². The number of halogens is 1. The van der Waals surface area contributed by atoms with Crippen LogP contribution in [0.4, 0.5) is 0 Å². The molecule has 28 heavy (non-hydrogen) atoms. The standard InChI is InChI=1S/C22H14ClNO4/c23-16-7-4-14(5-8-16)11-21(25)27-17-9-6-15-12-18(19-3-1-2-10-24-19)22(26)28-20(15)13-17/h1-10,12-13H,11H2. The van der Waals surface area contributed by atoms with Gasteiger partial charge in [-0.2, -0.15) is 0 Å². The Kier molecular flexibility index (Phi) is 4.91. The number of esters is 1. The van der Waals surface area contributed by atoms with Gasteiger partial charge in [0.05, 0.1) is 17.7 Å². The third kappa shape index (κ3) is 3.94. The molecule has 0 amide bonds. The monoisotopic (exact) mass is 391 g/mol. The number of fused-ring (bicyclic) bond motifs is 1. The zero-order valence-corrected chi connectivity index (χ0v) is 15.3. The molecule has 0 spiro atoms. The van der Waals surface area contributed by atoms with E-state index in [-0.39, 0.29) is 6.42 Å². The molecule has 2 aromatic heterocycles. The molecule has 0 radical (unpaired) electrons. The zero-order valence-electron chi connectivity index (χ0n) is 14.6. The normalized spacial score (nSPS) is 10.8. The molecule has 138 valence electrons. The van der Waals surface area contributed by atoms with Crippen molar-refractivity contribution in [3.05, 3.63) is 93.9 Å². The molecule has 0 N–H and O–H groups in total. The second kappa shape index (κ2) is 7.66. The van der Waals surface area contributed by atoms with Crippen molar-refractivity contribution in [2.75, 3.05) is 0 Å². The lowest BCUT2D eigenvalue weighted by Gasteiger charge is -2.06. The van der Waals surface area contributed by atoms with E-state index in [0.717, 1.165) is 5.56 Å². The van der Waals surface area contributed by atoms with Gasteiger partial charge >= 0.3 is 11.6 Å². The van der Waals surface area contributed by atoms with Crippen molar-refractivity contribution in [3.63, 3.8) is 0 Å². The smallest absolute Gasteiger partial charge is 0.345 e. The Morgan fingerprint density at radius 2 is 1.86 bits per heavy atom. The van der Waals surface area contributed by atoms with Gasteiger partial charge in [-0.1, -0.05) is 29.8 Å². The van der Waals surface area contributed by atoms with Crippen LogP contribution in [0.2, 0.25) is 5.02 Å². The van der Waals surface area contributed by atoms with E-state index in [1.165, 1.54) is 6.07 Å². The number of hydrogen-bond donors (Lipinski definition) is 0. The van der Waals surface area contributed by atoms with E-state index in [0.29, 0.717) is 33.0 Å². The predicted octanol–water partition coefficient (Wildman–Crippen LogP) is 4.66. The van der Waals surface area contributed by atoms with E-state index in [4.69, 9.17) is 20.8 Å². The van der Waals surface area contributed by atoms with Crippen LogP contribution in [-0.4, -0.2) is 11.0 Å². The van der Waals surface area contributed by atoms with Crippen LogP contribution in [0.25, 0.3) is 22.2 Å². The number of carbonyl (C=O) groups is 1. The van der Waals surface area contributed by atoms with Crippen molar-refractivity contribution in [2.45, 2.75) is 6.42 Å². The molecule has 0 aliphatic rings. The molecule has 0 fully saturated rings. The molecule has 0 unspecified atom stereocenters. The molecule has 0 saturated carbocycles. The van der Waals surface area contributed by atoms with Crippen molar-refractivity contribution in [2.24, 2.45) is 0 Å². The van der Waals surface area contributed by atoms with Gasteiger partial charge in [-0.05, 0) is 48.0 Å². The highest BCUT2D eigenvalue weighted by atomic mass is 35.5. The summed E-state index contributed by atoms with van der Waals surface area (Å²) in [6.45, 7) is 0. The number of hydrogen-bond acceptors (Lipinski definition) is 5. The molecule has 2 aromatic carbocycles. The maximum atomic E-state index is 12.3. The van der Waals surface area contributed by atoms with Crippen LogP contribution in [0.5, 0.6) is 5.75 Å². The topological polar surface area (TPSA) is 69.4 Å². The molecule has 4 rings (SSSR count). The van der Waals surface area contributed by atoms with Crippen LogP contribution in [0.1, 0.15) is 5.56 Å². The molecule has 0 aliphatic heterocycles. The maximum Gasteiger partial charge on any atom is 0.345 e. The van der Waals surface area contributed by atoms with Crippen molar-refractivity contribution in [1.29, 1.82) is 0 Å². The number of ether oxygens (including phenoxy) is 1. The molecule has 0 aliphatic carbocycles. The summed E-state index contributed by atoms with van der Waals surface area (Å²) in [5.41, 5.74) is 1.54. The fourth-order valence-electron chi connectivity index (χ4n) is 2.79. The van der Waals surface area contributed by atoms with E-state index < -0.39 is 11.6 Å². The number of pyridine rings is 1. The number of benzene rings is 2. The minimum Gasteiger partial charge on any atom is -0.426 e. The Morgan fingerprint density at radius 3 is 2.61 bits per heavy atom. The van der Waals surface area contributed by atoms with Crippen LogP contribution >= 0.6 is 11.6 Å². The molecule has 4 aromatic rings. The summed E-state index contributed by atoms with van der Waals surface area (Å²) in [6, 6.07) is 18.9. The number of carbonyl (C=O) groups excluding carboxylic acids is 1. The molecule has 5 nitrogen and oxygen atoms in total. The third-order valence-electron chi connectivity index (χ3n) is 4.14. The van der Waals surface area contributed by atoms with Gasteiger partial charge in [-0.15, -0.1) is 0 Å². The molecule has 2 heterocycles. The fourth-order valence-corrected chi connectivity index (χ4v) is 2.92. The minimum atomic E-state index is -0.504. The van der Waals surface area contributed by atoms with E-state index >= 15 is 0 Å². The summed E-state index contributed by atoms with van der Waals surface area (Å²) in [7, 11) is 0. The van der Waals surface area contributed by atoms with Gasteiger partial charge in [0.25, 0.3) is 0 Å². The summed E-state index contributed by atoms with van der Waals surface area (Å²) in [5, 5.41) is 1.31. The average molecular weight is 392 g/mol. The van der Waals surface area contributed by atoms with Gasteiger partial charge in [-0.3, -0.25) is 9.78 Å². The third-order valence-corrected chi connectivity index (χ3v) is 4.39. The number of rotatable bonds is 4. The summed E-state index contributed by atoms with van der Waals surface area (Å²) in [5.74, 6) is -0.116. The predicted molar refractivity (Wildman–Crippen MR) is 107 cm³/mol. The summed E-state index contributed by atoms with van der Waals surface area (Å²) < 4.78 is 10.8. The number of aromatic nitrogens is 1. The van der Waals surface area contributed by atoms with Crippen LogP contribution < -0.4 is 10.4 Å². The summed E-state index contributed by atoms with van der Waals surface area (Å²) in [4.78, 5) is 28.6.